The van der Waals surface area contributed by atoms with Crippen LogP contribution in [0.4, 0.5) is 11.6 Å². The third kappa shape index (κ3) is 7.63. The zero-order chi connectivity index (χ0) is 22.9. The zero-order valence-corrected chi connectivity index (χ0v) is 19.5. The largest absolute Gasteiger partial charge is 0.457 e. The van der Waals surface area contributed by atoms with Gasteiger partial charge in [0.15, 0.2) is 5.11 Å². The number of benzene rings is 2. The molecule has 3 rings (SSSR count). The predicted octanol–water partition coefficient (Wildman–Crippen LogP) is 5.30. The third-order valence-electron chi connectivity index (χ3n) is 4.15. The third-order valence-corrected chi connectivity index (χ3v) is 4.35. The lowest BCUT2D eigenvalue weighted by atomic mass is 10.2. The van der Waals surface area contributed by atoms with Gasteiger partial charge in [-0.3, -0.25) is 10.3 Å². The second kappa shape index (κ2) is 11.2. The first-order valence-corrected chi connectivity index (χ1v) is 10.8. The molecule has 0 amide bonds. The molecule has 0 atom stereocenters. The first kappa shape index (κ1) is 23.1. The van der Waals surface area contributed by atoms with Crippen LogP contribution in [0.15, 0.2) is 65.7 Å². The molecule has 32 heavy (non-hydrogen) atoms. The van der Waals surface area contributed by atoms with E-state index in [0.29, 0.717) is 29.5 Å². The lowest BCUT2D eigenvalue weighted by Crippen LogP contribution is -2.39. The van der Waals surface area contributed by atoms with Crippen molar-refractivity contribution >= 4 is 34.9 Å². The zero-order valence-electron chi connectivity index (χ0n) is 18.7. The fraction of sp³-hybridized carbons (Fsp3) is 0.250. The number of aromatic nitrogens is 2. The Hall–Kier alpha value is -3.52. The van der Waals surface area contributed by atoms with E-state index in [4.69, 9.17) is 17.0 Å². The van der Waals surface area contributed by atoms with Crippen molar-refractivity contribution in [3.63, 3.8) is 0 Å². The molecule has 0 aliphatic heterocycles. The van der Waals surface area contributed by atoms with Gasteiger partial charge in [0, 0.05) is 23.6 Å². The molecule has 3 aromatic rings. The minimum atomic E-state index is 0.396. The predicted molar refractivity (Wildman–Crippen MR) is 135 cm³/mol. The van der Waals surface area contributed by atoms with E-state index in [1.165, 1.54) is 0 Å². The van der Waals surface area contributed by atoms with Crippen LogP contribution in [-0.2, 0) is 0 Å². The van der Waals surface area contributed by atoms with Crippen LogP contribution in [0.3, 0.4) is 0 Å². The fourth-order valence-electron chi connectivity index (χ4n) is 2.77. The fourth-order valence-corrected chi connectivity index (χ4v) is 2.99. The number of nitrogens with one attached hydrogen (secondary N) is 3. The van der Waals surface area contributed by atoms with Gasteiger partial charge in [0.05, 0.1) is 0 Å². The van der Waals surface area contributed by atoms with Gasteiger partial charge in [0.2, 0.25) is 11.9 Å². The SMILES string of the molecule is Cc1cc(C)nc(NC(=NCC(C)C)NC(=S)Nc2ccc(Oc3ccccc3)cc2)n1. The van der Waals surface area contributed by atoms with Gasteiger partial charge in [-0.15, -0.1) is 0 Å². The van der Waals surface area contributed by atoms with Gasteiger partial charge in [0.25, 0.3) is 0 Å². The highest BCUT2D eigenvalue weighted by molar-refractivity contribution is 7.80. The maximum atomic E-state index is 5.82. The van der Waals surface area contributed by atoms with Gasteiger partial charge in [-0.1, -0.05) is 32.0 Å². The lowest BCUT2D eigenvalue weighted by molar-refractivity contribution is 0.483. The molecule has 8 heteroatoms. The second-order valence-corrected chi connectivity index (χ2v) is 8.11. The van der Waals surface area contributed by atoms with Crippen molar-refractivity contribution in [1.82, 2.24) is 15.3 Å². The number of nitrogens with zero attached hydrogens (tertiary/aromatic N) is 3. The van der Waals surface area contributed by atoms with E-state index in [-0.39, 0.29) is 0 Å². The van der Waals surface area contributed by atoms with E-state index in [9.17, 15) is 0 Å². The molecule has 0 spiro atoms. The minimum Gasteiger partial charge on any atom is -0.457 e. The van der Waals surface area contributed by atoms with Crippen molar-refractivity contribution < 1.29 is 4.74 Å². The molecule has 0 saturated heterocycles. The number of para-hydroxylation sites is 1. The van der Waals surface area contributed by atoms with Gasteiger partial charge in [-0.2, -0.15) is 0 Å². The number of ether oxygens (including phenoxy) is 1. The van der Waals surface area contributed by atoms with Crippen LogP contribution in [0.25, 0.3) is 0 Å². The number of anilines is 2. The van der Waals surface area contributed by atoms with E-state index < -0.39 is 0 Å². The van der Waals surface area contributed by atoms with Gasteiger partial charge in [0.1, 0.15) is 11.5 Å². The summed E-state index contributed by atoms with van der Waals surface area (Å²) in [7, 11) is 0. The van der Waals surface area contributed by atoms with Crippen molar-refractivity contribution in [3.8, 4) is 11.5 Å². The van der Waals surface area contributed by atoms with Crippen LogP contribution in [0, 0.1) is 19.8 Å². The molecule has 166 valence electrons. The van der Waals surface area contributed by atoms with Crippen LogP contribution in [0.5, 0.6) is 11.5 Å². The monoisotopic (exact) mass is 448 g/mol. The number of aliphatic imine (C=N–C) groups is 1. The van der Waals surface area contributed by atoms with E-state index >= 15 is 0 Å². The Morgan fingerprint density at radius 3 is 2.19 bits per heavy atom. The quantitative estimate of drug-likeness (QED) is 0.268. The Balaban J connectivity index is 1.63. The molecule has 0 fully saturated rings. The maximum Gasteiger partial charge on any atom is 0.229 e. The summed E-state index contributed by atoms with van der Waals surface area (Å²) in [5, 5.41) is 9.82. The Kier molecular flexibility index (Phi) is 8.10. The molecule has 0 saturated carbocycles. The summed E-state index contributed by atoms with van der Waals surface area (Å²) >= 11 is 5.48. The second-order valence-electron chi connectivity index (χ2n) is 7.70. The van der Waals surface area contributed by atoms with Crippen molar-refractivity contribution in [3.05, 3.63) is 72.1 Å². The molecule has 0 unspecified atom stereocenters. The summed E-state index contributed by atoms with van der Waals surface area (Å²) in [6.07, 6.45) is 0. The molecule has 1 aromatic heterocycles. The van der Waals surface area contributed by atoms with E-state index in [2.05, 4.69) is 44.8 Å². The average molecular weight is 449 g/mol. The first-order valence-electron chi connectivity index (χ1n) is 10.4. The molecule has 0 radical (unpaired) electrons. The van der Waals surface area contributed by atoms with Gasteiger partial charge >= 0.3 is 0 Å². The normalized spacial score (nSPS) is 11.2. The van der Waals surface area contributed by atoms with E-state index in [1.54, 1.807) is 0 Å². The summed E-state index contributed by atoms with van der Waals surface area (Å²) in [4.78, 5) is 13.4. The summed E-state index contributed by atoms with van der Waals surface area (Å²) in [5.41, 5.74) is 2.58. The average Bonchev–Trinajstić information content (AvgIpc) is 2.73. The molecule has 0 bridgehead atoms. The topological polar surface area (TPSA) is 83.5 Å². The van der Waals surface area contributed by atoms with Crippen LogP contribution in [0.1, 0.15) is 25.2 Å². The molecule has 2 aromatic carbocycles. The number of aryl methyl sites for hydroxylation is 2. The molecule has 3 N–H and O–H groups in total. The lowest BCUT2D eigenvalue weighted by Gasteiger charge is -2.15. The Morgan fingerprint density at radius 1 is 0.938 bits per heavy atom. The Bertz CT molecular complexity index is 1050. The van der Waals surface area contributed by atoms with E-state index in [0.717, 1.165) is 28.6 Å². The molecular formula is C24H28N6OS. The first-order chi connectivity index (χ1) is 15.4. The summed E-state index contributed by atoms with van der Waals surface area (Å²) in [6.45, 7) is 8.69. The van der Waals surface area contributed by atoms with Crippen molar-refractivity contribution in [2.45, 2.75) is 27.7 Å². The molecule has 0 aliphatic carbocycles. The van der Waals surface area contributed by atoms with E-state index in [1.807, 2.05) is 74.5 Å². The van der Waals surface area contributed by atoms with Crippen LogP contribution in [-0.4, -0.2) is 27.6 Å². The number of guanidine groups is 1. The number of rotatable bonds is 6. The molecule has 7 nitrogen and oxygen atoms in total. The van der Waals surface area contributed by atoms with Crippen LogP contribution >= 0.6 is 12.2 Å². The summed E-state index contributed by atoms with van der Waals surface area (Å²) < 4.78 is 5.82. The highest BCUT2D eigenvalue weighted by Gasteiger charge is 2.08. The van der Waals surface area contributed by atoms with Crippen LogP contribution in [0.2, 0.25) is 0 Å². The summed E-state index contributed by atoms with van der Waals surface area (Å²) in [6, 6.07) is 19.1. The Labute approximate surface area is 194 Å². The number of hydrogen-bond acceptors (Lipinski definition) is 5. The van der Waals surface area contributed by atoms with Gasteiger partial charge < -0.3 is 15.4 Å². The highest BCUT2D eigenvalue weighted by Crippen LogP contribution is 2.22. The molecule has 1 heterocycles. The van der Waals surface area contributed by atoms with Crippen molar-refractivity contribution in [2.24, 2.45) is 10.9 Å². The van der Waals surface area contributed by atoms with Crippen molar-refractivity contribution in [1.29, 1.82) is 0 Å². The molecular weight excluding hydrogens is 420 g/mol. The number of hydrogen-bond donors (Lipinski definition) is 3. The Morgan fingerprint density at radius 2 is 1.56 bits per heavy atom. The maximum absolute atomic E-state index is 5.82. The minimum absolute atomic E-state index is 0.396. The highest BCUT2D eigenvalue weighted by atomic mass is 32.1. The van der Waals surface area contributed by atoms with Crippen molar-refractivity contribution in [2.75, 3.05) is 17.2 Å². The smallest absolute Gasteiger partial charge is 0.229 e. The van der Waals surface area contributed by atoms with Gasteiger partial charge in [-0.05, 0) is 74.4 Å². The number of thiocarbonyl (C=S) groups is 1. The molecule has 0 aliphatic rings. The standard InChI is InChI=1S/C24H28N6OS/c1-16(2)15-25-22(29-23-26-17(3)14-18(4)27-23)30-24(32)28-19-10-12-21(13-11-19)31-20-8-6-5-7-9-20/h5-14,16H,15H2,1-4H3,(H3,25,26,27,28,29,30,32). The summed E-state index contributed by atoms with van der Waals surface area (Å²) in [5.74, 6) is 2.89. The van der Waals surface area contributed by atoms with Crippen LogP contribution < -0.4 is 20.7 Å². The van der Waals surface area contributed by atoms with Gasteiger partial charge in [-0.25, -0.2) is 9.97 Å².